The van der Waals surface area contributed by atoms with Crippen LogP contribution < -0.4 is 5.32 Å². The van der Waals surface area contributed by atoms with Gasteiger partial charge in [-0.1, -0.05) is 36.8 Å². The molecule has 2 aliphatic carbocycles. The van der Waals surface area contributed by atoms with Gasteiger partial charge in [0.15, 0.2) is 0 Å². The lowest BCUT2D eigenvalue weighted by atomic mass is 9.95. The summed E-state index contributed by atoms with van der Waals surface area (Å²) in [6, 6.07) is 10.4. The van der Waals surface area contributed by atoms with E-state index in [0.717, 1.165) is 17.4 Å². The minimum atomic E-state index is 0.189. The molecule has 2 fully saturated rings. The minimum Gasteiger partial charge on any atom is -0.353 e. The molecular formula is C15H19NO. The fourth-order valence-electron chi connectivity index (χ4n) is 3.46. The van der Waals surface area contributed by atoms with Gasteiger partial charge in [-0.2, -0.15) is 0 Å². The summed E-state index contributed by atoms with van der Waals surface area (Å²) in [4.78, 5) is 11.9. The number of rotatable bonds is 3. The topological polar surface area (TPSA) is 29.1 Å². The van der Waals surface area contributed by atoms with E-state index in [-0.39, 0.29) is 5.91 Å². The number of carbonyl (C=O) groups excluding carboxylic acids is 1. The lowest BCUT2D eigenvalue weighted by Crippen LogP contribution is -2.39. The zero-order valence-corrected chi connectivity index (χ0v) is 10.1. The third-order valence-electron chi connectivity index (χ3n) is 4.29. The van der Waals surface area contributed by atoms with Crippen LogP contribution >= 0.6 is 0 Å². The first-order chi connectivity index (χ1) is 8.31. The third kappa shape index (κ3) is 2.36. The van der Waals surface area contributed by atoms with E-state index in [4.69, 9.17) is 0 Å². The molecule has 17 heavy (non-hydrogen) atoms. The molecular weight excluding hydrogens is 210 g/mol. The number of carbonyl (C=O) groups is 1. The highest BCUT2D eigenvalue weighted by Crippen LogP contribution is 2.44. The van der Waals surface area contributed by atoms with Gasteiger partial charge in [-0.25, -0.2) is 0 Å². The smallest absolute Gasteiger partial charge is 0.224 e. The van der Waals surface area contributed by atoms with Crippen molar-refractivity contribution in [1.82, 2.24) is 5.32 Å². The highest BCUT2D eigenvalue weighted by Gasteiger charge is 2.39. The number of amides is 1. The van der Waals surface area contributed by atoms with E-state index in [0.29, 0.717) is 12.5 Å². The minimum absolute atomic E-state index is 0.189. The Kier molecular flexibility index (Phi) is 2.87. The summed E-state index contributed by atoms with van der Waals surface area (Å²) in [7, 11) is 0. The van der Waals surface area contributed by atoms with Crippen LogP contribution in [0.4, 0.5) is 0 Å². The average Bonchev–Trinajstić information content (AvgIpc) is 2.92. The van der Waals surface area contributed by atoms with Gasteiger partial charge in [-0.05, 0) is 36.7 Å². The molecule has 2 nitrogen and oxygen atoms in total. The second-order valence-electron chi connectivity index (χ2n) is 5.51. The number of benzene rings is 1. The molecule has 0 unspecified atom stereocenters. The van der Waals surface area contributed by atoms with Crippen molar-refractivity contribution < 1.29 is 4.79 Å². The van der Waals surface area contributed by atoms with Gasteiger partial charge < -0.3 is 5.32 Å². The van der Waals surface area contributed by atoms with Gasteiger partial charge >= 0.3 is 0 Å². The van der Waals surface area contributed by atoms with Crippen LogP contribution in [0.5, 0.6) is 0 Å². The van der Waals surface area contributed by atoms with Crippen molar-refractivity contribution in [2.24, 2.45) is 11.8 Å². The average molecular weight is 229 g/mol. The Hall–Kier alpha value is -1.31. The summed E-state index contributed by atoms with van der Waals surface area (Å²) < 4.78 is 0. The zero-order chi connectivity index (χ0) is 11.7. The molecule has 1 amide bonds. The van der Waals surface area contributed by atoms with Gasteiger partial charge in [0, 0.05) is 6.04 Å². The first-order valence-electron chi connectivity index (χ1n) is 6.64. The molecule has 0 spiro atoms. The molecule has 3 rings (SSSR count). The third-order valence-corrected chi connectivity index (χ3v) is 4.29. The molecule has 1 N–H and O–H groups in total. The van der Waals surface area contributed by atoms with Crippen LogP contribution in [0.3, 0.4) is 0 Å². The Morgan fingerprint density at radius 3 is 2.65 bits per heavy atom. The molecule has 2 bridgehead atoms. The molecule has 0 aromatic heterocycles. The number of fused-ring (bicyclic) bond motifs is 2. The molecule has 0 heterocycles. The monoisotopic (exact) mass is 229 g/mol. The van der Waals surface area contributed by atoms with E-state index in [9.17, 15) is 4.79 Å². The Morgan fingerprint density at radius 1 is 1.18 bits per heavy atom. The van der Waals surface area contributed by atoms with Gasteiger partial charge in [-0.3, -0.25) is 4.79 Å². The summed E-state index contributed by atoms with van der Waals surface area (Å²) >= 11 is 0. The van der Waals surface area contributed by atoms with Crippen LogP contribution in [0.25, 0.3) is 0 Å². The van der Waals surface area contributed by atoms with Crippen LogP contribution in [-0.4, -0.2) is 11.9 Å². The van der Waals surface area contributed by atoms with Gasteiger partial charge in [0.25, 0.3) is 0 Å². The second kappa shape index (κ2) is 4.52. The van der Waals surface area contributed by atoms with Crippen LogP contribution in [0, 0.1) is 11.8 Å². The van der Waals surface area contributed by atoms with E-state index in [1.165, 1.54) is 25.7 Å². The SMILES string of the molecule is O=C(Cc1ccccc1)N[C@H]1C[C@@H]2CC[C@@H]1C2. The highest BCUT2D eigenvalue weighted by atomic mass is 16.1. The van der Waals surface area contributed by atoms with Crippen molar-refractivity contribution in [2.75, 3.05) is 0 Å². The Labute approximate surface area is 102 Å². The molecule has 2 aliphatic rings. The predicted molar refractivity (Wildman–Crippen MR) is 67.5 cm³/mol. The van der Waals surface area contributed by atoms with Gasteiger partial charge in [0.2, 0.25) is 5.91 Å². The molecule has 1 aromatic rings. The van der Waals surface area contributed by atoms with Crippen molar-refractivity contribution in [1.29, 1.82) is 0 Å². The van der Waals surface area contributed by atoms with Gasteiger partial charge in [0.05, 0.1) is 6.42 Å². The predicted octanol–water partition coefficient (Wildman–Crippen LogP) is 2.53. The first kappa shape index (κ1) is 10.8. The number of nitrogens with one attached hydrogen (secondary N) is 1. The molecule has 1 aromatic carbocycles. The van der Waals surface area contributed by atoms with E-state index < -0.39 is 0 Å². The van der Waals surface area contributed by atoms with E-state index in [2.05, 4.69) is 5.32 Å². The van der Waals surface area contributed by atoms with Gasteiger partial charge in [0.1, 0.15) is 0 Å². The Balaban J connectivity index is 1.54. The number of hydrogen-bond donors (Lipinski definition) is 1. The van der Waals surface area contributed by atoms with Gasteiger partial charge in [-0.15, -0.1) is 0 Å². The normalized spacial score (nSPS) is 30.5. The first-order valence-corrected chi connectivity index (χ1v) is 6.64. The highest BCUT2D eigenvalue weighted by molar-refractivity contribution is 5.78. The van der Waals surface area contributed by atoms with Crippen LogP contribution in [0.1, 0.15) is 31.2 Å². The molecule has 90 valence electrons. The molecule has 2 saturated carbocycles. The largest absolute Gasteiger partial charge is 0.353 e. The van der Waals surface area contributed by atoms with Crippen LogP contribution in [0.15, 0.2) is 30.3 Å². The molecule has 2 heteroatoms. The lowest BCUT2D eigenvalue weighted by Gasteiger charge is -2.22. The molecule has 0 saturated heterocycles. The van der Waals surface area contributed by atoms with Crippen LogP contribution in [-0.2, 0) is 11.2 Å². The maximum atomic E-state index is 11.9. The van der Waals surface area contributed by atoms with Crippen molar-refractivity contribution in [2.45, 2.75) is 38.1 Å². The van der Waals surface area contributed by atoms with Crippen molar-refractivity contribution >= 4 is 5.91 Å². The second-order valence-corrected chi connectivity index (χ2v) is 5.51. The molecule has 0 radical (unpaired) electrons. The molecule has 0 aliphatic heterocycles. The number of hydrogen-bond acceptors (Lipinski definition) is 1. The fraction of sp³-hybridized carbons (Fsp3) is 0.533. The summed E-state index contributed by atoms with van der Waals surface area (Å²) in [5.41, 5.74) is 1.10. The zero-order valence-electron chi connectivity index (χ0n) is 10.1. The standard InChI is InChI=1S/C15H19NO/c17-15(10-11-4-2-1-3-5-11)16-14-9-12-6-7-13(14)8-12/h1-5,12-14H,6-10H2,(H,16,17)/t12-,13-,14+/m1/s1. The summed E-state index contributed by atoms with van der Waals surface area (Å²) in [6.45, 7) is 0. The van der Waals surface area contributed by atoms with Crippen molar-refractivity contribution in [3.05, 3.63) is 35.9 Å². The maximum Gasteiger partial charge on any atom is 0.224 e. The molecule has 3 atom stereocenters. The van der Waals surface area contributed by atoms with Crippen molar-refractivity contribution in [3.8, 4) is 0 Å². The van der Waals surface area contributed by atoms with E-state index in [1.807, 2.05) is 30.3 Å². The quantitative estimate of drug-likeness (QED) is 0.848. The summed E-state index contributed by atoms with van der Waals surface area (Å²) in [6.07, 6.45) is 5.78. The fourth-order valence-corrected chi connectivity index (χ4v) is 3.46. The maximum absolute atomic E-state index is 11.9. The van der Waals surface area contributed by atoms with E-state index >= 15 is 0 Å². The van der Waals surface area contributed by atoms with E-state index in [1.54, 1.807) is 0 Å². The van der Waals surface area contributed by atoms with Crippen molar-refractivity contribution in [3.63, 3.8) is 0 Å². The Bertz CT molecular complexity index is 401. The summed E-state index contributed by atoms with van der Waals surface area (Å²) in [5, 5.41) is 3.22. The summed E-state index contributed by atoms with van der Waals surface area (Å²) in [5.74, 6) is 1.84. The lowest BCUT2D eigenvalue weighted by molar-refractivity contribution is -0.121. The Morgan fingerprint density at radius 2 is 2.00 bits per heavy atom. The van der Waals surface area contributed by atoms with Crippen LogP contribution in [0.2, 0.25) is 0 Å².